The Kier molecular flexibility index (Phi) is 5.23. The molecule has 1 aromatic rings. The standard InChI is InChI=1S/C13H20N4O3/c18-13-15-9-12(17(19)20)10-16(13)8-4-7-14-11-5-2-1-3-6-11/h9-11,14H,1-8H2. The van der Waals surface area contributed by atoms with Crippen LogP contribution in [0.5, 0.6) is 0 Å². The highest BCUT2D eigenvalue weighted by atomic mass is 16.6. The summed E-state index contributed by atoms with van der Waals surface area (Å²) in [4.78, 5) is 25.1. The van der Waals surface area contributed by atoms with E-state index in [1.165, 1.54) is 42.9 Å². The summed E-state index contributed by atoms with van der Waals surface area (Å²) in [6.07, 6.45) is 9.36. The number of rotatable bonds is 6. The second kappa shape index (κ2) is 7.14. The fourth-order valence-corrected chi connectivity index (χ4v) is 2.56. The van der Waals surface area contributed by atoms with E-state index in [0.29, 0.717) is 12.6 Å². The van der Waals surface area contributed by atoms with E-state index in [-0.39, 0.29) is 5.69 Å². The van der Waals surface area contributed by atoms with Gasteiger partial charge < -0.3 is 5.32 Å². The molecule has 2 rings (SSSR count). The Morgan fingerprint density at radius 2 is 2.15 bits per heavy atom. The van der Waals surface area contributed by atoms with Crippen LogP contribution < -0.4 is 11.0 Å². The second-order valence-electron chi connectivity index (χ2n) is 5.19. The molecule has 0 amide bonds. The highest BCUT2D eigenvalue weighted by Gasteiger charge is 2.12. The third-order valence-corrected chi connectivity index (χ3v) is 3.67. The van der Waals surface area contributed by atoms with Crippen molar-refractivity contribution in [3.63, 3.8) is 0 Å². The number of nitrogens with one attached hydrogen (secondary N) is 1. The summed E-state index contributed by atoms with van der Waals surface area (Å²) in [5, 5.41) is 14.1. The molecular formula is C13H20N4O3. The van der Waals surface area contributed by atoms with Crippen molar-refractivity contribution >= 4 is 5.69 Å². The zero-order valence-corrected chi connectivity index (χ0v) is 11.5. The van der Waals surface area contributed by atoms with Gasteiger partial charge in [-0.2, -0.15) is 4.98 Å². The van der Waals surface area contributed by atoms with E-state index in [1.54, 1.807) is 0 Å². The molecule has 110 valence electrons. The molecule has 0 saturated heterocycles. The lowest BCUT2D eigenvalue weighted by Crippen LogP contribution is -2.32. The van der Waals surface area contributed by atoms with Gasteiger partial charge in [-0.1, -0.05) is 19.3 Å². The van der Waals surface area contributed by atoms with Gasteiger partial charge in [-0.25, -0.2) is 4.79 Å². The van der Waals surface area contributed by atoms with Crippen molar-refractivity contribution in [3.05, 3.63) is 33.0 Å². The molecule has 0 aromatic carbocycles. The molecule has 0 radical (unpaired) electrons. The first kappa shape index (κ1) is 14.6. The van der Waals surface area contributed by atoms with Crippen LogP contribution in [0.2, 0.25) is 0 Å². The number of nitrogens with zero attached hydrogens (tertiary/aromatic N) is 3. The highest BCUT2D eigenvalue weighted by Crippen LogP contribution is 2.17. The van der Waals surface area contributed by atoms with Gasteiger partial charge >= 0.3 is 11.4 Å². The molecule has 0 unspecified atom stereocenters. The summed E-state index contributed by atoms with van der Waals surface area (Å²) >= 11 is 0. The van der Waals surface area contributed by atoms with Crippen LogP contribution in [0.4, 0.5) is 5.69 Å². The summed E-state index contributed by atoms with van der Waals surface area (Å²) in [7, 11) is 0. The lowest BCUT2D eigenvalue weighted by molar-refractivity contribution is -0.385. The predicted molar refractivity (Wildman–Crippen MR) is 74.6 cm³/mol. The van der Waals surface area contributed by atoms with Gasteiger partial charge in [0.25, 0.3) is 0 Å². The smallest absolute Gasteiger partial charge is 0.314 e. The predicted octanol–water partition coefficient (Wildman–Crippen LogP) is 1.46. The van der Waals surface area contributed by atoms with Crippen LogP contribution in [-0.2, 0) is 6.54 Å². The van der Waals surface area contributed by atoms with Crippen molar-refractivity contribution in [2.45, 2.75) is 51.1 Å². The normalized spacial score (nSPS) is 16.2. The Hall–Kier alpha value is -1.76. The third kappa shape index (κ3) is 4.12. The van der Waals surface area contributed by atoms with Crippen LogP contribution in [-0.4, -0.2) is 27.1 Å². The maximum absolute atomic E-state index is 11.5. The molecule has 7 heteroatoms. The molecule has 1 saturated carbocycles. The molecule has 0 atom stereocenters. The molecule has 0 spiro atoms. The minimum atomic E-state index is -0.538. The van der Waals surface area contributed by atoms with Crippen LogP contribution in [0.1, 0.15) is 38.5 Å². The van der Waals surface area contributed by atoms with Gasteiger partial charge in [0.2, 0.25) is 0 Å². The van der Waals surface area contributed by atoms with Crippen LogP contribution in [0.3, 0.4) is 0 Å². The van der Waals surface area contributed by atoms with Crippen LogP contribution >= 0.6 is 0 Å². The van der Waals surface area contributed by atoms with Gasteiger partial charge in [-0.3, -0.25) is 14.7 Å². The maximum Gasteiger partial charge on any atom is 0.347 e. The molecule has 1 aliphatic rings. The van der Waals surface area contributed by atoms with Gasteiger partial charge in [-0.05, 0) is 25.8 Å². The largest absolute Gasteiger partial charge is 0.347 e. The van der Waals surface area contributed by atoms with E-state index in [9.17, 15) is 14.9 Å². The van der Waals surface area contributed by atoms with Gasteiger partial charge in [0.15, 0.2) is 0 Å². The molecule has 1 N–H and O–H groups in total. The summed E-state index contributed by atoms with van der Waals surface area (Å²) < 4.78 is 1.31. The molecule has 1 fully saturated rings. The lowest BCUT2D eigenvalue weighted by atomic mass is 9.95. The molecule has 20 heavy (non-hydrogen) atoms. The van der Waals surface area contributed by atoms with E-state index in [2.05, 4.69) is 10.3 Å². The zero-order valence-electron chi connectivity index (χ0n) is 11.5. The molecule has 7 nitrogen and oxygen atoms in total. The minimum absolute atomic E-state index is 0.148. The summed E-state index contributed by atoms with van der Waals surface area (Å²) in [5.41, 5.74) is -0.585. The Labute approximate surface area is 117 Å². The quantitative estimate of drug-likeness (QED) is 0.484. The molecule has 0 aliphatic heterocycles. The molecule has 1 aromatic heterocycles. The third-order valence-electron chi connectivity index (χ3n) is 3.67. The fraction of sp³-hybridized carbons (Fsp3) is 0.692. The second-order valence-corrected chi connectivity index (χ2v) is 5.19. The van der Waals surface area contributed by atoms with Gasteiger partial charge in [0, 0.05) is 12.6 Å². The number of aromatic nitrogens is 2. The molecular weight excluding hydrogens is 260 g/mol. The average molecular weight is 280 g/mol. The fourth-order valence-electron chi connectivity index (χ4n) is 2.56. The Balaban J connectivity index is 1.80. The van der Waals surface area contributed by atoms with Crippen molar-refractivity contribution in [2.24, 2.45) is 0 Å². The first-order valence-corrected chi connectivity index (χ1v) is 7.11. The Morgan fingerprint density at radius 3 is 2.85 bits per heavy atom. The zero-order chi connectivity index (χ0) is 14.4. The SMILES string of the molecule is O=c1ncc([N+](=O)[O-])cn1CCCNC1CCCCC1. The maximum atomic E-state index is 11.5. The number of nitro groups is 1. The van der Waals surface area contributed by atoms with Crippen LogP contribution in [0, 0.1) is 10.1 Å². The monoisotopic (exact) mass is 280 g/mol. The summed E-state index contributed by atoms with van der Waals surface area (Å²) in [6, 6.07) is 0.587. The number of aryl methyl sites for hydroxylation is 1. The number of hydrogen-bond donors (Lipinski definition) is 1. The molecule has 0 bridgehead atoms. The van der Waals surface area contributed by atoms with E-state index < -0.39 is 10.6 Å². The molecule has 1 heterocycles. The summed E-state index contributed by atoms with van der Waals surface area (Å²) in [5.74, 6) is 0. The van der Waals surface area contributed by atoms with Crippen molar-refractivity contribution in [3.8, 4) is 0 Å². The topological polar surface area (TPSA) is 90.1 Å². The van der Waals surface area contributed by atoms with E-state index in [1.807, 2.05) is 0 Å². The van der Waals surface area contributed by atoms with Crippen LogP contribution in [0.25, 0.3) is 0 Å². The van der Waals surface area contributed by atoms with Crippen molar-refractivity contribution < 1.29 is 4.92 Å². The van der Waals surface area contributed by atoms with Crippen LogP contribution in [0.15, 0.2) is 17.2 Å². The minimum Gasteiger partial charge on any atom is -0.314 e. The van der Waals surface area contributed by atoms with Crippen molar-refractivity contribution in [1.29, 1.82) is 0 Å². The Bertz CT molecular complexity index is 509. The first-order valence-electron chi connectivity index (χ1n) is 7.11. The van der Waals surface area contributed by atoms with Crippen molar-refractivity contribution in [2.75, 3.05) is 6.54 Å². The molecule has 1 aliphatic carbocycles. The average Bonchev–Trinajstić information content (AvgIpc) is 2.46. The van der Waals surface area contributed by atoms with Gasteiger partial charge in [0.1, 0.15) is 6.20 Å². The van der Waals surface area contributed by atoms with E-state index >= 15 is 0 Å². The van der Waals surface area contributed by atoms with E-state index in [0.717, 1.165) is 19.2 Å². The van der Waals surface area contributed by atoms with Crippen molar-refractivity contribution in [1.82, 2.24) is 14.9 Å². The summed E-state index contributed by atoms with van der Waals surface area (Å²) in [6.45, 7) is 1.27. The Morgan fingerprint density at radius 1 is 1.40 bits per heavy atom. The first-order chi connectivity index (χ1) is 9.66. The van der Waals surface area contributed by atoms with Gasteiger partial charge in [-0.15, -0.1) is 0 Å². The lowest BCUT2D eigenvalue weighted by Gasteiger charge is -2.22. The van der Waals surface area contributed by atoms with Gasteiger partial charge in [0.05, 0.1) is 11.1 Å². The number of hydrogen-bond acceptors (Lipinski definition) is 5. The highest BCUT2D eigenvalue weighted by molar-refractivity contribution is 5.20. The van der Waals surface area contributed by atoms with E-state index in [4.69, 9.17) is 0 Å².